The first-order valence-corrected chi connectivity index (χ1v) is 10.5. The van der Waals surface area contributed by atoms with Crippen molar-refractivity contribution in [3.05, 3.63) is 35.7 Å². The van der Waals surface area contributed by atoms with Crippen LogP contribution >= 0.6 is 23.1 Å². The molecule has 1 saturated heterocycles. The van der Waals surface area contributed by atoms with Gasteiger partial charge in [-0.3, -0.25) is 4.79 Å². The van der Waals surface area contributed by atoms with Gasteiger partial charge in [0.25, 0.3) is 0 Å². The molecule has 1 fully saturated rings. The van der Waals surface area contributed by atoms with Crippen LogP contribution in [0.5, 0.6) is 0 Å². The summed E-state index contributed by atoms with van der Waals surface area (Å²) in [6.07, 6.45) is 4.25. The predicted octanol–water partition coefficient (Wildman–Crippen LogP) is 3.71. The van der Waals surface area contributed by atoms with E-state index in [-0.39, 0.29) is 11.9 Å². The topological polar surface area (TPSA) is 69.0 Å². The molecular formula is C18H24N4O2S2. The maximum Gasteiger partial charge on any atom is 0.206 e. The number of thioether (sulfide) groups is 1. The molecular weight excluding hydrogens is 368 g/mol. The number of Topliss-reactive ketones (excluding diaryl/α,β-unsaturated/α-hetero) is 1. The summed E-state index contributed by atoms with van der Waals surface area (Å²) >= 11 is 2.88. The van der Waals surface area contributed by atoms with Crippen molar-refractivity contribution in [3.8, 4) is 0 Å². The Bertz CT molecular complexity index is 778. The summed E-state index contributed by atoms with van der Waals surface area (Å²) in [7, 11) is 0. The summed E-state index contributed by atoms with van der Waals surface area (Å²) < 4.78 is 8.73. The molecule has 6 nitrogen and oxygen atoms in total. The van der Waals surface area contributed by atoms with E-state index in [1.54, 1.807) is 6.08 Å². The minimum absolute atomic E-state index is 0.123. The summed E-state index contributed by atoms with van der Waals surface area (Å²) in [4.78, 5) is 12.7. The SMILES string of the molecule is C=CCNc1nnc(SCC(=O)c2cc(C)n(C[C@@H]3CCCO3)c2C)s1. The summed E-state index contributed by atoms with van der Waals surface area (Å²) in [5.74, 6) is 0.484. The lowest BCUT2D eigenvalue weighted by Gasteiger charge is -2.14. The molecule has 1 aliphatic rings. The van der Waals surface area contributed by atoms with Crippen molar-refractivity contribution in [2.24, 2.45) is 0 Å². The van der Waals surface area contributed by atoms with Gasteiger partial charge in [-0.25, -0.2) is 0 Å². The Labute approximate surface area is 162 Å². The normalized spacial score (nSPS) is 16.8. The third kappa shape index (κ3) is 4.55. The Morgan fingerprint density at radius 3 is 3.12 bits per heavy atom. The van der Waals surface area contributed by atoms with Crippen molar-refractivity contribution in [2.75, 3.05) is 24.2 Å². The van der Waals surface area contributed by atoms with Crippen LogP contribution in [0.1, 0.15) is 34.6 Å². The molecule has 1 atom stereocenters. The van der Waals surface area contributed by atoms with E-state index in [9.17, 15) is 4.79 Å². The van der Waals surface area contributed by atoms with E-state index in [4.69, 9.17) is 4.74 Å². The van der Waals surface area contributed by atoms with E-state index in [0.717, 1.165) is 52.4 Å². The van der Waals surface area contributed by atoms with Crippen LogP contribution in [0.2, 0.25) is 0 Å². The van der Waals surface area contributed by atoms with Crippen molar-refractivity contribution in [1.29, 1.82) is 0 Å². The van der Waals surface area contributed by atoms with E-state index in [1.807, 2.05) is 19.9 Å². The fourth-order valence-corrected chi connectivity index (χ4v) is 4.70. The van der Waals surface area contributed by atoms with Crippen LogP contribution in [-0.2, 0) is 11.3 Å². The number of hydrogen-bond donors (Lipinski definition) is 1. The number of aryl methyl sites for hydroxylation is 1. The molecule has 0 saturated carbocycles. The van der Waals surface area contributed by atoms with Crippen LogP contribution in [0.25, 0.3) is 0 Å². The van der Waals surface area contributed by atoms with E-state index in [0.29, 0.717) is 12.3 Å². The van der Waals surface area contributed by atoms with Gasteiger partial charge in [0.15, 0.2) is 10.1 Å². The molecule has 0 aliphatic carbocycles. The van der Waals surface area contributed by atoms with Crippen LogP contribution in [0.3, 0.4) is 0 Å². The minimum Gasteiger partial charge on any atom is -0.376 e. The van der Waals surface area contributed by atoms with E-state index >= 15 is 0 Å². The third-order valence-corrected chi connectivity index (χ3v) is 6.43. The highest BCUT2D eigenvalue weighted by Crippen LogP contribution is 2.27. The molecule has 3 rings (SSSR count). The maximum atomic E-state index is 12.7. The van der Waals surface area contributed by atoms with Gasteiger partial charge in [0.1, 0.15) is 0 Å². The fourth-order valence-electron chi connectivity index (χ4n) is 3.06. The maximum absolute atomic E-state index is 12.7. The Hall–Kier alpha value is -1.64. The number of carbonyl (C=O) groups is 1. The molecule has 0 bridgehead atoms. The van der Waals surface area contributed by atoms with Crippen molar-refractivity contribution in [1.82, 2.24) is 14.8 Å². The predicted molar refractivity (Wildman–Crippen MR) is 107 cm³/mol. The lowest BCUT2D eigenvalue weighted by atomic mass is 10.2. The molecule has 2 aromatic rings. The lowest BCUT2D eigenvalue weighted by molar-refractivity contribution is 0.0957. The smallest absolute Gasteiger partial charge is 0.206 e. The van der Waals surface area contributed by atoms with Crippen LogP contribution in [0, 0.1) is 13.8 Å². The van der Waals surface area contributed by atoms with E-state index < -0.39 is 0 Å². The molecule has 140 valence electrons. The minimum atomic E-state index is 0.123. The summed E-state index contributed by atoms with van der Waals surface area (Å²) in [6.45, 7) is 10.0. The fraction of sp³-hybridized carbons (Fsp3) is 0.500. The second-order valence-corrected chi connectivity index (χ2v) is 8.48. The highest BCUT2D eigenvalue weighted by molar-refractivity contribution is 8.01. The van der Waals surface area contributed by atoms with E-state index in [1.165, 1.54) is 23.1 Å². The van der Waals surface area contributed by atoms with E-state index in [2.05, 4.69) is 26.7 Å². The molecule has 1 aliphatic heterocycles. The standard InChI is InChI=1S/C18H24N4O2S2/c1-4-7-19-17-20-21-18(26-17)25-11-16(23)15-9-12(2)22(13(15)3)10-14-6-5-8-24-14/h4,9,14H,1,5-8,10-11H2,2-3H3,(H,19,20)/t14-/m0/s1. The van der Waals surface area contributed by atoms with Crippen LogP contribution in [-0.4, -0.2) is 45.6 Å². The molecule has 8 heteroatoms. The van der Waals surface area contributed by atoms with Crippen molar-refractivity contribution in [2.45, 2.75) is 43.7 Å². The van der Waals surface area contributed by atoms with Gasteiger partial charge in [-0.1, -0.05) is 29.2 Å². The third-order valence-electron chi connectivity index (χ3n) is 4.42. The Morgan fingerprint density at radius 1 is 1.54 bits per heavy atom. The molecule has 0 radical (unpaired) electrons. The Balaban J connectivity index is 1.60. The summed E-state index contributed by atoms with van der Waals surface area (Å²) in [5, 5.41) is 12.0. The summed E-state index contributed by atoms with van der Waals surface area (Å²) in [6, 6.07) is 1.99. The average Bonchev–Trinajstić information content (AvgIpc) is 3.36. The van der Waals surface area contributed by atoms with Gasteiger partial charge >= 0.3 is 0 Å². The molecule has 0 aromatic carbocycles. The highest BCUT2D eigenvalue weighted by atomic mass is 32.2. The first kappa shape index (κ1) is 19.1. The van der Waals surface area contributed by atoms with Crippen LogP contribution in [0.15, 0.2) is 23.1 Å². The number of ether oxygens (including phenoxy) is 1. The molecule has 0 amide bonds. The van der Waals surface area contributed by atoms with Gasteiger partial charge < -0.3 is 14.6 Å². The largest absolute Gasteiger partial charge is 0.376 e. The number of carbonyl (C=O) groups excluding carboxylic acids is 1. The molecule has 0 spiro atoms. The van der Waals surface area contributed by atoms with Crippen LogP contribution < -0.4 is 5.32 Å². The molecule has 1 N–H and O–H groups in total. The first-order valence-electron chi connectivity index (χ1n) is 8.71. The van der Waals surface area contributed by atoms with Gasteiger partial charge in [-0.05, 0) is 32.8 Å². The zero-order valence-electron chi connectivity index (χ0n) is 15.2. The number of anilines is 1. The Morgan fingerprint density at radius 2 is 2.38 bits per heavy atom. The molecule has 0 unspecified atom stereocenters. The lowest BCUT2D eigenvalue weighted by Crippen LogP contribution is -2.17. The van der Waals surface area contributed by atoms with Gasteiger partial charge in [-0.15, -0.1) is 16.8 Å². The Kier molecular flexibility index (Phi) is 6.50. The van der Waals surface area contributed by atoms with Crippen molar-refractivity contribution in [3.63, 3.8) is 0 Å². The molecule has 26 heavy (non-hydrogen) atoms. The number of ketones is 1. The van der Waals surface area contributed by atoms with Gasteiger partial charge in [-0.2, -0.15) is 0 Å². The molecule has 3 heterocycles. The average molecular weight is 393 g/mol. The van der Waals surface area contributed by atoms with Gasteiger partial charge in [0.2, 0.25) is 5.13 Å². The number of rotatable bonds is 9. The first-order chi connectivity index (χ1) is 12.6. The second kappa shape index (κ2) is 8.83. The zero-order valence-corrected chi connectivity index (χ0v) is 16.8. The summed E-state index contributed by atoms with van der Waals surface area (Å²) in [5.41, 5.74) is 2.93. The van der Waals surface area contributed by atoms with Crippen LogP contribution in [0.4, 0.5) is 5.13 Å². The molecule has 2 aromatic heterocycles. The zero-order chi connectivity index (χ0) is 18.5. The van der Waals surface area contributed by atoms with Gasteiger partial charge in [0, 0.05) is 36.6 Å². The highest BCUT2D eigenvalue weighted by Gasteiger charge is 2.21. The number of hydrogen-bond acceptors (Lipinski definition) is 7. The number of aromatic nitrogens is 3. The van der Waals surface area contributed by atoms with Gasteiger partial charge in [0.05, 0.1) is 11.9 Å². The van der Waals surface area contributed by atoms with Crippen molar-refractivity contribution < 1.29 is 9.53 Å². The second-order valence-electron chi connectivity index (χ2n) is 6.28. The monoisotopic (exact) mass is 392 g/mol. The number of nitrogens with one attached hydrogen (secondary N) is 1. The number of nitrogens with zero attached hydrogens (tertiary/aromatic N) is 3. The quantitative estimate of drug-likeness (QED) is 0.399. The van der Waals surface area contributed by atoms with Crippen molar-refractivity contribution >= 4 is 34.0 Å².